The highest BCUT2D eigenvalue weighted by atomic mass is 35.5. The van der Waals surface area contributed by atoms with Crippen LogP contribution in [0.5, 0.6) is 0 Å². The van der Waals surface area contributed by atoms with Crippen LogP contribution in [0.2, 0.25) is 0 Å². The number of hydrogen-bond acceptors (Lipinski definition) is 4. The van der Waals surface area contributed by atoms with E-state index in [2.05, 4.69) is 15.1 Å². The van der Waals surface area contributed by atoms with Crippen LogP contribution in [-0.4, -0.2) is 74.2 Å². The van der Waals surface area contributed by atoms with Crippen molar-refractivity contribution in [3.63, 3.8) is 0 Å². The van der Waals surface area contributed by atoms with E-state index in [-0.39, 0.29) is 30.9 Å². The normalized spacial score (nSPS) is 27.0. The van der Waals surface area contributed by atoms with Crippen LogP contribution in [0.1, 0.15) is 32.1 Å². The molecule has 3 aliphatic heterocycles. The van der Waals surface area contributed by atoms with E-state index in [1.54, 1.807) is 0 Å². The van der Waals surface area contributed by atoms with Crippen LogP contribution in [-0.2, 0) is 9.53 Å². The first-order valence-electron chi connectivity index (χ1n) is 8.65. The second-order valence-corrected chi connectivity index (χ2v) is 6.68. The first kappa shape index (κ1) is 21.0. The zero-order valence-electron chi connectivity index (χ0n) is 13.9. The van der Waals surface area contributed by atoms with Crippen molar-refractivity contribution in [1.82, 2.24) is 15.1 Å². The molecule has 0 aromatic rings. The monoisotopic (exact) mass is 367 g/mol. The summed E-state index contributed by atoms with van der Waals surface area (Å²) in [5.74, 6) is 1.10. The summed E-state index contributed by atoms with van der Waals surface area (Å²) in [6, 6.07) is 0.0922. The van der Waals surface area contributed by atoms with Gasteiger partial charge in [-0.3, -0.25) is 9.69 Å². The number of amides is 1. The van der Waals surface area contributed by atoms with Crippen molar-refractivity contribution in [2.75, 3.05) is 52.5 Å². The van der Waals surface area contributed by atoms with Crippen molar-refractivity contribution in [3.05, 3.63) is 0 Å². The molecule has 1 unspecified atom stereocenters. The Morgan fingerprint density at radius 2 is 1.70 bits per heavy atom. The van der Waals surface area contributed by atoms with E-state index >= 15 is 0 Å². The molecule has 23 heavy (non-hydrogen) atoms. The second-order valence-electron chi connectivity index (χ2n) is 6.68. The molecule has 0 aromatic carbocycles. The Morgan fingerprint density at radius 1 is 1.00 bits per heavy atom. The Hall–Kier alpha value is -0.0700. The molecule has 1 amide bonds. The molecule has 0 radical (unpaired) electrons. The molecule has 1 atom stereocenters. The van der Waals surface area contributed by atoms with Crippen LogP contribution in [0.3, 0.4) is 0 Å². The summed E-state index contributed by atoms with van der Waals surface area (Å²) in [4.78, 5) is 17.1. The lowest BCUT2D eigenvalue weighted by atomic mass is 9.94. The number of piperidine rings is 2. The number of nitrogens with zero attached hydrogens (tertiary/aromatic N) is 2. The van der Waals surface area contributed by atoms with Crippen molar-refractivity contribution in [1.29, 1.82) is 0 Å². The molecule has 3 saturated heterocycles. The number of carbonyl (C=O) groups is 1. The molecule has 7 heteroatoms. The number of ether oxygens (including phenoxy) is 1. The van der Waals surface area contributed by atoms with E-state index in [0.29, 0.717) is 5.91 Å². The Bertz CT molecular complexity index is 340. The Balaban J connectivity index is 0.00000132. The molecule has 5 nitrogen and oxygen atoms in total. The topological polar surface area (TPSA) is 44.8 Å². The summed E-state index contributed by atoms with van der Waals surface area (Å²) >= 11 is 0. The van der Waals surface area contributed by atoms with Gasteiger partial charge in [-0.2, -0.15) is 0 Å². The van der Waals surface area contributed by atoms with Gasteiger partial charge in [0.05, 0.1) is 19.3 Å². The summed E-state index contributed by atoms with van der Waals surface area (Å²) in [6.45, 7) is 8.00. The maximum absolute atomic E-state index is 12.5. The number of hydrogen-bond donors (Lipinski definition) is 1. The van der Waals surface area contributed by atoms with Crippen molar-refractivity contribution in [2.45, 2.75) is 38.1 Å². The third-order valence-electron chi connectivity index (χ3n) is 5.15. The number of carbonyl (C=O) groups excluding carboxylic acids is 1. The summed E-state index contributed by atoms with van der Waals surface area (Å²) in [5, 5.41) is 3.38. The zero-order valence-corrected chi connectivity index (χ0v) is 15.5. The van der Waals surface area contributed by atoms with Crippen molar-refractivity contribution in [3.8, 4) is 0 Å². The molecule has 3 fully saturated rings. The maximum atomic E-state index is 12.5. The van der Waals surface area contributed by atoms with E-state index in [0.717, 1.165) is 71.1 Å². The Labute approximate surface area is 152 Å². The number of rotatable bonds is 3. The number of morpholine rings is 1. The summed E-state index contributed by atoms with van der Waals surface area (Å²) < 4.78 is 5.40. The predicted molar refractivity (Wildman–Crippen MR) is 96.7 cm³/mol. The van der Waals surface area contributed by atoms with Crippen molar-refractivity contribution < 1.29 is 9.53 Å². The smallest absolute Gasteiger partial charge is 0.239 e. The molecule has 0 aromatic heterocycles. The number of halogens is 2. The van der Waals surface area contributed by atoms with Gasteiger partial charge in [0, 0.05) is 32.7 Å². The summed E-state index contributed by atoms with van der Waals surface area (Å²) in [6.07, 6.45) is 5.75. The average molecular weight is 368 g/mol. The van der Waals surface area contributed by atoms with Crippen LogP contribution < -0.4 is 5.32 Å². The lowest BCUT2D eigenvalue weighted by Crippen LogP contribution is -2.51. The fourth-order valence-corrected chi connectivity index (χ4v) is 3.77. The van der Waals surface area contributed by atoms with Crippen LogP contribution >= 0.6 is 24.8 Å². The SMILES string of the molecule is Cl.Cl.O=C(C1CCCCN1)N1CCC(CN2CCOCC2)CC1. The average Bonchev–Trinajstić information content (AvgIpc) is 2.57. The van der Waals surface area contributed by atoms with Gasteiger partial charge in [0.2, 0.25) is 5.91 Å². The zero-order chi connectivity index (χ0) is 14.5. The third-order valence-corrected chi connectivity index (χ3v) is 5.15. The van der Waals surface area contributed by atoms with Gasteiger partial charge >= 0.3 is 0 Å². The van der Waals surface area contributed by atoms with E-state index in [4.69, 9.17) is 4.74 Å². The number of nitrogens with one attached hydrogen (secondary N) is 1. The largest absolute Gasteiger partial charge is 0.379 e. The fraction of sp³-hybridized carbons (Fsp3) is 0.938. The molecular weight excluding hydrogens is 337 g/mol. The third kappa shape index (κ3) is 6.05. The first-order chi connectivity index (χ1) is 10.3. The lowest BCUT2D eigenvalue weighted by Gasteiger charge is -2.37. The molecule has 3 aliphatic rings. The highest BCUT2D eigenvalue weighted by Gasteiger charge is 2.29. The Morgan fingerprint density at radius 3 is 2.30 bits per heavy atom. The molecule has 0 bridgehead atoms. The molecule has 0 spiro atoms. The highest BCUT2D eigenvalue weighted by molar-refractivity contribution is 5.85. The molecular formula is C16H31Cl2N3O2. The van der Waals surface area contributed by atoms with Gasteiger partial charge in [-0.25, -0.2) is 0 Å². The van der Waals surface area contributed by atoms with E-state index < -0.39 is 0 Å². The summed E-state index contributed by atoms with van der Waals surface area (Å²) in [7, 11) is 0. The minimum atomic E-state index is 0. The van der Waals surface area contributed by atoms with Gasteiger partial charge in [0.15, 0.2) is 0 Å². The molecule has 136 valence electrons. The minimum absolute atomic E-state index is 0. The van der Waals surface area contributed by atoms with Crippen LogP contribution in [0.25, 0.3) is 0 Å². The quantitative estimate of drug-likeness (QED) is 0.821. The summed E-state index contributed by atoms with van der Waals surface area (Å²) in [5.41, 5.74) is 0. The first-order valence-corrected chi connectivity index (χ1v) is 8.65. The van der Waals surface area contributed by atoms with Gasteiger partial charge in [0.25, 0.3) is 0 Å². The molecule has 3 rings (SSSR count). The van der Waals surface area contributed by atoms with Gasteiger partial charge in [-0.1, -0.05) is 6.42 Å². The van der Waals surface area contributed by atoms with E-state index in [1.165, 1.54) is 19.4 Å². The van der Waals surface area contributed by atoms with Crippen molar-refractivity contribution in [2.24, 2.45) is 5.92 Å². The predicted octanol–water partition coefficient (Wildman–Crippen LogP) is 1.54. The maximum Gasteiger partial charge on any atom is 0.239 e. The van der Waals surface area contributed by atoms with E-state index in [1.807, 2.05) is 0 Å². The van der Waals surface area contributed by atoms with Crippen LogP contribution in [0.15, 0.2) is 0 Å². The van der Waals surface area contributed by atoms with Gasteiger partial charge < -0.3 is 15.0 Å². The molecule has 3 heterocycles. The molecule has 0 saturated carbocycles. The fourth-order valence-electron chi connectivity index (χ4n) is 3.77. The number of likely N-dealkylation sites (tertiary alicyclic amines) is 1. The minimum Gasteiger partial charge on any atom is -0.379 e. The second kappa shape index (κ2) is 10.7. The van der Waals surface area contributed by atoms with Gasteiger partial charge in [-0.15, -0.1) is 24.8 Å². The lowest BCUT2D eigenvalue weighted by molar-refractivity contribution is -0.135. The van der Waals surface area contributed by atoms with Crippen LogP contribution in [0.4, 0.5) is 0 Å². The molecule has 1 N–H and O–H groups in total. The Kier molecular flexibility index (Phi) is 9.78. The van der Waals surface area contributed by atoms with Crippen molar-refractivity contribution >= 4 is 30.7 Å². The van der Waals surface area contributed by atoms with Crippen LogP contribution in [0, 0.1) is 5.92 Å². The van der Waals surface area contributed by atoms with E-state index in [9.17, 15) is 4.79 Å². The highest BCUT2D eigenvalue weighted by Crippen LogP contribution is 2.21. The van der Waals surface area contributed by atoms with Gasteiger partial charge in [0.1, 0.15) is 0 Å². The molecule has 0 aliphatic carbocycles. The van der Waals surface area contributed by atoms with Gasteiger partial charge in [-0.05, 0) is 38.1 Å². The standard InChI is InChI=1S/C16H29N3O2.2ClH/c20-16(15-3-1-2-6-17-15)19-7-4-14(5-8-19)13-18-9-11-21-12-10-18;;/h14-15,17H,1-13H2;2*1H.